The second kappa shape index (κ2) is 8.33. The van der Waals surface area contributed by atoms with Gasteiger partial charge in [0.2, 0.25) is 0 Å². The Morgan fingerprint density at radius 1 is 1.20 bits per heavy atom. The summed E-state index contributed by atoms with van der Waals surface area (Å²) >= 11 is 0. The molecule has 0 aromatic heterocycles. The molecule has 0 amide bonds. The largest absolute Gasteiger partial charge is 0.198 e. The predicted molar refractivity (Wildman–Crippen MR) is 92.0 cm³/mol. The average molecular weight is 290 g/mol. The molecule has 0 fully saturated rings. The van der Waals surface area contributed by atoms with Crippen molar-refractivity contribution in [1.29, 1.82) is 5.26 Å². The first-order chi connectivity index (χ1) is 9.15. The fourth-order valence-corrected chi connectivity index (χ4v) is 2.45. The van der Waals surface area contributed by atoms with Crippen molar-refractivity contribution in [2.24, 2.45) is 5.92 Å². The molecule has 0 saturated heterocycles. The van der Waals surface area contributed by atoms with Crippen LogP contribution < -0.4 is 0 Å². The van der Waals surface area contributed by atoms with E-state index in [9.17, 15) is 5.26 Å². The molecule has 0 aromatic rings. The van der Waals surface area contributed by atoms with E-state index in [0.717, 1.165) is 18.4 Å². The average Bonchev–Trinajstić information content (AvgIpc) is 2.35. The van der Waals surface area contributed by atoms with Crippen LogP contribution in [0.3, 0.4) is 0 Å². The number of hydrogen-bond acceptors (Lipinski definition) is 1. The zero-order valence-corrected chi connectivity index (χ0v) is 15.3. The van der Waals surface area contributed by atoms with Gasteiger partial charge in [-0.05, 0) is 11.5 Å². The molecule has 1 atom stereocenters. The molecule has 0 aliphatic carbocycles. The van der Waals surface area contributed by atoms with E-state index in [1.807, 2.05) is 0 Å². The summed E-state index contributed by atoms with van der Waals surface area (Å²) in [5, 5.41) is 9.53. The number of nitrogens with zero attached hydrogens (tertiary/aromatic N) is 1. The van der Waals surface area contributed by atoms with E-state index in [1.54, 1.807) is 0 Å². The van der Waals surface area contributed by atoms with Gasteiger partial charge >= 0.3 is 0 Å². The molecule has 112 valence electrons. The van der Waals surface area contributed by atoms with Gasteiger partial charge in [-0.25, -0.2) is 0 Å². The Kier molecular flexibility index (Phi) is 7.91. The van der Waals surface area contributed by atoms with Crippen LogP contribution in [-0.4, -0.2) is 8.07 Å². The van der Waals surface area contributed by atoms with Crippen LogP contribution in [0.5, 0.6) is 0 Å². The third-order valence-corrected chi connectivity index (χ3v) is 8.83. The smallest absolute Gasteiger partial charge is 0.138 e. The first-order valence-corrected chi connectivity index (χ1v) is 10.8. The maximum Gasteiger partial charge on any atom is 0.138 e. The van der Waals surface area contributed by atoms with Crippen LogP contribution in [0.15, 0.2) is 12.2 Å². The number of rotatable bonds is 6. The van der Waals surface area contributed by atoms with Gasteiger partial charge in [-0.2, -0.15) is 5.26 Å². The van der Waals surface area contributed by atoms with Crippen LogP contribution in [0, 0.1) is 28.7 Å². The van der Waals surface area contributed by atoms with Gasteiger partial charge in [0.15, 0.2) is 0 Å². The number of nitriles is 1. The van der Waals surface area contributed by atoms with E-state index >= 15 is 0 Å². The van der Waals surface area contributed by atoms with Crippen LogP contribution >= 0.6 is 0 Å². The second-order valence-corrected chi connectivity index (χ2v) is 12.2. The molecular weight excluding hydrogens is 258 g/mol. The third-order valence-electron chi connectivity index (χ3n) is 4.33. The molecule has 0 spiro atoms. The summed E-state index contributed by atoms with van der Waals surface area (Å²) < 4.78 is 0. The summed E-state index contributed by atoms with van der Waals surface area (Å²) in [7, 11) is -1.60. The van der Waals surface area contributed by atoms with Crippen molar-refractivity contribution in [2.45, 2.75) is 77.9 Å². The Hall–Kier alpha value is -0.993. The Bertz CT molecular complexity index is 409. The van der Waals surface area contributed by atoms with Crippen molar-refractivity contribution in [3.8, 4) is 17.5 Å². The van der Waals surface area contributed by atoms with E-state index in [1.165, 1.54) is 19.3 Å². The van der Waals surface area contributed by atoms with E-state index in [2.05, 4.69) is 64.9 Å². The number of unbranched alkanes of at least 4 members (excludes halogenated alkanes) is 3. The molecule has 2 heteroatoms. The van der Waals surface area contributed by atoms with Crippen molar-refractivity contribution in [3.63, 3.8) is 0 Å². The molecule has 1 nitrogen and oxygen atoms in total. The highest BCUT2D eigenvalue weighted by Crippen LogP contribution is 2.35. The molecule has 0 heterocycles. The van der Waals surface area contributed by atoms with Gasteiger partial charge in [0.05, 0.1) is 12.0 Å². The van der Waals surface area contributed by atoms with Crippen LogP contribution in [0.2, 0.25) is 18.1 Å². The standard InChI is InChI=1S/C18H31NSi/c1-8-9-10-11-12-17(15-19)16(2)13-14-20(6,7)18(3,4)5/h17H,2,8-12H2,1,3-7H3. The van der Waals surface area contributed by atoms with E-state index in [-0.39, 0.29) is 11.0 Å². The molecule has 0 rings (SSSR count). The lowest BCUT2D eigenvalue weighted by molar-refractivity contribution is 0.588. The maximum absolute atomic E-state index is 9.27. The Morgan fingerprint density at radius 3 is 2.25 bits per heavy atom. The minimum atomic E-state index is -1.60. The maximum atomic E-state index is 9.27. The van der Waals surface area contributed by atoms with Gasteiger partial charge in [-0.3, -0.25) is 0 Å². The molecule has 0 aliphatic heterocycles. The fourth-order valence-electron chi connectivity index (χ4n) is 1.60. The third kappa shape index (κ3) is 6.44. The van der Waals surface area contributed by atoms with Crippen molar-refractivity contribution < 1.29 is 0 Å². The molecule has 20 heavy (non-hydrogen) atoms. The summed E-state index contributed by atoms with van der Waals surface area (Å²) in [5.41, 5.74) is 4.27. The highest BCUT2D eigenvalue weighted by atomic mass is 28.3. The zero-order chi connectivity index (χ0) is 15.8. The molecule has 0 N–H and O–H groups in total. The number of allylic oxidation sites excluding steroid dienone is 1. The number of hydrogen-bond donors (Lipinski definition) is 0. The quantitative estimate of drug-likeness (QED) is 0.349. The van der Waals surface area contributed by atoms with Crippen molar-refractivity contribution in [3.05, 3.63) is 12.2 Å². The Morgan fingerprint density at radius 2 is 1.80 bits per heavy atom. The molecule has 0 aromatic carbocycles. The Balaban J connectivity index is 4.63. The molecule has 0 radical (unpaired) electrons. The van der Waals surface area contributed by atoms with E-state index in [4.69, 9.17) is 0 Å². The van der Waals surface area contributed by atoms with Gasteiger partial charge < -0.3 is 0 Å². The lowest BCUT2D eigenvalue weighted by Gasteiger charge is -2.31. The van der Waals surface area contributed by atoms with Gasteiger partial charge in [-0.15, -0.1) is 5.54 Å². The molecule has 0 bridgehead atoms. The lowest BCUT2D eigenvalue weighted by Crippen LogP contribution is -2.35. The summed E-state index contributed by atoms with van der Waals surface area (Å²) in [5.74, 6) is 3.12. The monoisotopic (exact) mass is 289 g/mol. The zero-order valence-electron chi connectivity index (χ0n) is 14.3. The van der Waals surface area contributed by atoms with Crippen molar-refractivity contribution in [1.82, 2.24) is 0 Å². The van der Waals surface area contributed by atoms with Crippen molar-refractivity contribution >= 4 is 8.07 Å². The van der Waals surface area contributed by atoms with E-state index in [0.29, 0.717) is 0 Å². The summed E-state index contributed by atoms with van der Waals surface area (Å²) in [6.45, 7) is 17.6. The van der Waals surface area contributed by atoms with Gasteiger partial charge in [-0.1, -0.05) is 79.0 Å². The van der Waals surface area contributed by atoms with Crippen LogP contribution in [0.4, 0.5) is 0 Å². The van der Waals surface area contributed by atoms with Gasteiger partial charge in [0.25, 0.3) is 0 Å². The van der Waals surface area contributed by atoms with Crippen LogP contribution in [0.25, 0.3) is 0 Å². The molecule has 0 aliphatic rings. The summed E-state index contributed by atoms with van der Waals surface area (Å²) in [4.78, 5) is 0. The van der Waals surface area contributed by atoms with Crippen molar-refractivity contribution in [2.75, 3.05) is 0 Å². The first kappa shape index (κ1) is 19.0. The van der Waals surface area contributed by atoms with Crippen LogP contribution in [0.1, 0.15) is 59.8 Å². The topological polar surface area (TPSA) is 23.8 Å². The van der Waals surface area contributed by atoms with Gasteiger partial charge in [0, 0.05) is 5.57 Å². The first-order valence-electron chi connectivity index (χ1n) is 7.77. The molecule has 0 saturated carbocycles. The second-order valence-electron chi connectivity index (χ2n) is 7.18. The molecule has 1 unspecified atom stereocenters. The minimum Gasteiger partial charge on any atom is -0.198 e. The normalized spacial score (nSPS) is 13.1. The van der Waals surface area contributed by atoms with E-state index < -0.39 is 8.07 Å². The summed E-state index contributed by atoms with van der Waals surface area (Å²) in [6.07, 6.45) is 5.69. The summed E-state index contributed by atoms with van der Waals surface area (Å²) in [6, 6.07) is 2.37. The molecular formula is C18H31NSi. The van der Waals surface area contributed by atoms with Gasteiger partial charge in [0.1, 0.15) is 8.07 Å². The Labute approximate surface area is 127 Å². The lowest BCUT2D eigenvalue weighted by atomic mass is 9.96. The SMILES string of the molecule is C=C(C#C[Si](C)(C)C(C)(C)C)C(C#N)CCCCCC. The highest BCUT2D eigenvalue weighted by Gasteiger charge is 2.33. The van der Waals surface area contributed by atoms with Crippen LogP contribution in [-0.2, 0) is 0 Å². The minimum absolute atomic E-state index is 0.0934. The highest BCUT2D eigenvalue weighted by molar-refractivity contribution is 6.87. The predicted octanol–water partition coefficient (Wildman–Crippen LogP) is 5.70. The fraction of sp³-hybridized carbons (Fsp3) is 0.722.